The Morgan fingerprint density at radius 2 is 1.97 bits per heavy atom. The Morgan fingerprint density at radius 3 is 2.52 bits per heavy atom. The maximum Gasteiger partial charge on any atom is 0.471 e. The fourth-order valence-electron chi connectivity index (χ4n) is 3.15. The van der Waals surface area contributed by atoms with E-state index in [-0.39, 0.29) is 17.6 Å². The molecule has 1 fully saturated rings. The number of nitrogens with zero attached hydrogens (tertiary/aromatic N) is 1. The number of nitrogens with one attached hydrogen (secondary N) is 2. The van der Waals surface area contributed by atoms with E-state index < -0.39 is 24.1 Å². The van der Waals surface area contributed by atoms with Crippen molar-refractivity contribution in [1.29, 1.82) is 0 Å². The van der Waals surface area contributed by atoms with Crippen LogP contribution >= 0.6 is 11.9 Å². The van der Waals surface area contributed by atoms with Gasteiger partial charge in [0.15, 0.2) is 0 Å². The van der Waals surface area contributed by atoms with Gasteiger partial charge >= 0.3 is 12.1 Å². The summed E-state index contributed by atoms with van der Waals surface area (Å²) in [6.45, 7) is 2.34. The number of rotatable bonds is 8. The minimum absolute atomic E-state index is 0.00833. The van der Waals surface area contributed by atoms with Crippen LogP contribution in [0.25, 0.3) is 0 Å². The van der Waals surface area contributed by atoms with Crippen LogP contribution in [0.5, 0.6) is 0 Å². The zero-order chi connectivity index (χ0) is 21.6. The van der Waals surface area contributed by atoms with Gasteiger partial charge in [-0.15, -0.1) is 0 Å². The van der Waals surface area contributed by atoms with E-state index in [1.54, 1.807) is 17.1 Å². The van der Waals surface area contributed by atoms with Crippen LogP contribution in [-0.2, 0) is 19.1 Å². The Kier molecular flexibility index (Phi) is 7.91. The number of alkyl halides is 3. The maximum absolute atomic E-state index is 12.5. The van der Waals surface area contributed by atoms with Crippen molar-refractivity contribution in [2.45, 2.75) is 43.0 Å². The molecule has 1 aromatic carbocycles. The molecule has 0 radical (unpaired) electrons. The van der Waals surface area contributed by atoms with Gasteiger partial charge < -0.3 is 15.0 Å². The molecular weight excluding hydrogens is 411 g/mol. The van der Waals surface area contributed by atoms with E-state index in [2.05, 4.69) is 4.72 Å². The topological polar surface area (TPSA) is 87.7 Å². The van der Waals surface area contributed by atoms with E-state index in [1.165, 1.54) is 31.4 Å². The minimum atomic E-state index is -4.96. The predicted octanol–water partition coefficient (Wildman–Crippen LogP) is 2.58. The molecule has 1 aromatic rings. The largest absolute Gasteiger partial charge is 0.471 e. The Balaban J connectivity index is 1.90. The highest BCUT2D eigenvalue weighted by Gasteiger charge is 2.39. The number of anilines is 1. The van der Waals surface area contributed by atoms with Gasteiger partial charge in [0, 0.05) is 24.2 Å². The van der Waals surface area contributed by atoms with Gasteiger partial charge in [0.25, 0.3) is 0 Å². The summed E-state index contributed by atoms with van der Waals surface area (Å²) in [7, 11) is 1.50. The number of likely N-dealkylation sites (tertiary alicyclic amines) is 1. The summed E-state index contributed by atoms with van der Waals surface area (Å²) in [5.74, 6) is -2.88. The molecule has 7 nitrogen and oxygen atoms in total. The van der Waals surface area contributed by atoms with Gasteiger partial charge in [0.05, 0.1) is 18.1 Å². The fourth-order valence-corrected chi connectivity index (χ4v) is 3.83. The molecule has 0 bridgehead atoms. The first-order chi connectivity index (χ1) is 13.7. The van der Waals surface area contributed by atoms with E-state index in [0.29, 0.717) is 11.4 Å². The molecule has 0 spiro atoms. The fraction of sp³-hybridized carbons (Fsp3) is 0.500. The van der Waals surface area contributed by atoms with E-state index >= 15 is 0 Å². The highest BCUT2D eigenvalue weighted by molar-refractivity contribution is 7.98. The third-order valence-electron chi connectivity index (χ3n) is 4.67. The number of hydrogen-bond acceptors (Lipinski definition) is 5. The maximum atomic E-state index is 12.5. The molecule has 2 N–H and O–H groups in total. The molecule has 3 amide bonds. The van der Waals surface area contributed by atoms with Gasteiger partial charge in [-0.05, 0) is 49.1 Å². The minimum Gasteiger partial charge on any atom is -0.378 e. The number of carbonyl (C=O) groups excluding carboxylic acids is 3. The van der Waals surface area contributed by atoms with Crippen LogP contribution in [0.4, 0.5) is 18.9 Å². The van der Waals surface area contributed by atoms with E-state index in [9.17, 15) is 27.6 Å². The molecule has 1 aliphatic rings. The molecule has 1 heterocycles. The van der Waals surface area contributed by atoms with Gasteiger partial charge in [-0.1, -0.05) is 6.92 Å². The third kappa shape index (κ3) is 6.10. The Hall–Kier alpha value is -2.27. The first-order valence-corrected chi connectivity index (χ1v) is 9.67. The molecule has 0 saturated carbocycles. The lowest BCUT2D eigenvalue weighted by Gasteiger charge is -2.31. The van der Waals surface area contributed by atoms with Crippen molar-refractivity contribution in [1.82, 2.24) is 9.62 Å². The first-order valence-electron chi connectivity index (χ1n) is 8.86. The number of amides is 3. The summed E-state index contributed by atoms with van der Waals surface area (Å²) >= 11 is 0.994. The van der Waals surface area contributed by atoms with Crippen molar-refractivity contribution >= 4 is 35.9 Å². The van der Waals surface area contributed by atoms with Crippen molar-refractivity contribution in [3.05, 3.63) is 24.3 Å². The van der Waals surface area contributed by atoms with Gasteiger partial charge in [0.1, 0.15) is 0 Å². The molecule has 1 aliphatic heterocycles. The monoisotopic (exact) mass is 433 g/mol. The van der Waals surface area contributed by atoms with Gasteiger partial charge in [-0.25, -0.2) is 0 Å². The van der Waals surface area contributed by atoms with Crippen LogP contribution in [0.1, 0.15) is 19.8 Å². The summed E-state index contributed by atoms with van der Waals surface area (Å²) in [5.41, 5.74) is -0.00833. The molecule has 3 atom stereocenters. The molecule has 3 unspecified atom stereocenters. The molecule has 29 heavy (non-hydrogen) atoms. The predicted molar refractivity (Wildman–Crippen MR) is 101 cm³/mol. The smallest absolute Gasteiger partial charge is 0.378 e. The molecule has 0 aromatic heterocycles. The van der Waals surface area contributed by atoms with Crippen LogP contribution < -0.4 is 10.0 Å². The summed E-state index contributed by atoms with van der Waals surface area (Å²) < 4.78 is 44.9. The number of hydrogen-bond donors (Lipinski definition) is 2. The summed E-state index contributed by atoms with van der Waals surface area (Å²) in [6, 6.07) is 5.39. The SMILES string of the molecule is COC(C(C)C(=O)NSc1ccc(NC(=O)C(F)(F)F)cc1)C1CCCN1C=O. The molecular formula is C18H22F3N3O4S. The van der Waals surface area contributed by atoms with E-state index in [0.717, 1.165) is 31.2 Å². The van der Waals surface area contributed by atoms with Gasteiger partial charge in [-0.2, -0.15) is 13.2 Å². The Morgan fingerprint density at radius 1 is 1.31 bits per heavy atom. The first kappa shape index (κ1) is 23.0. The number of halogens is 3. The number of ether oxygens (including phenoxy) is 1. The van der Waals surface area contributed by atoms with Crippen LogP contribution in [0, 0.1) is 5.92 Å². The van der Waals surface area contributed by atoms with Crippen molar-refractivity contribution in [2.24, 2.45) is 5.92 Å². The lowest BCUT2D eigenvalue weighted by molar-refractivity contribution is -0.167. The number of methoxy groups -OCH3 is 1. The molecule has 11 heteroatoms. The van der Waals surface area contributed by atoms with Crippen molar-refractivity contribution in [2.75, 3.05) is 19.0 Å². The second-order valence-corrected chi connectivity index (χ2v) is 7.47. The number of carbonyl (C=O) groups is 3. The third-order valence-corrected chi connectivity index (χ3v) is 5.49. The van der Waals surface area contributed by atoms with Crippen molar-refractivity contribution < 1.29 is 32.3 Å². The summed E-state index contributed by atoms with van der Waals surface area (Å²) in [5, 5.41) is 1.75. The summed E-state index contributed by atoms with van der Waals surface area (Å²) in [4.78, 5) is 36.8. The normalized spacial score (nSPS) is 18.8. The van der Waals surface area contributed by atoms with Crippen LogP contribution in [0.2, 0.25) is 0 Å². The van der Waals surface area contributed by atoms with Crippen molar-refractivity contribution in [3.63, 3.8) is 0 Å². The lowest BCUT2D eigenvalue weighted by Crippen LogP contribution is -2.46. The van der Waals surface area contributed by atoms with Gasteiger partial charge in [-0.3, -0.25) is 19.1 Å². The molecule has 1 saturated heterocycles. The molecule has 0 aliphatic carbocycles. The number of benzene rings is 1. The quantitative estimate of drug-likeness (QED) is 0.486. The average molecular weight is 433 g/mol. The van der Waals surface area contributed by atoms with E-state index in [4.69, 9.17) is 4.74 Å². The van der Waals surface area contributed by atoms with E-state index in [1.807, 2.05) is 0 Å². The lowest BCUT2D eigenvalue weighted by atomic mass is 9.95. The average Bonchev–Trinajstić information content (AvgIpc) is 3.15. The zero-order valence-electron chi connectivity index (χ0n) is 15.9. The van der Waals surface area contributed by atoms with Crippen molar-refractivity contribution in [3.8, 4) is 0 Å². The second-order valence-electron chi connectivity index (χ2n) is 6.59. The van der Waals surface area contributed by atoms with Gasteiger partial charge in [0.2, 0.25) is 12.3 Å². The highest BCUT2D eigenvalue weighted by Crippen LogP contribution is 2.26. The second kappa shape index (κ2) is 9.97. The highest BCUT2D eigenvalue weighted by atomic mass is 32.2. The van der Waals surface area contributed by atoms with Crippen LogP contribution in [-0.4, -0.2) is 55.1 Å². The van der Waals surface area contributed by atoms with Crippen LogP contribution in [0.15, 0.2) is 29.2 Å². The molecule has 2 rings (SSSR count). The standard InChI is InChI=1S/C18H22F3N3O4S/c1-11(15(28-2)14-4-3-9-24(14)10-25)16(26)23-29-13-7-5-12(6-8-13)22-17(27)18(19,20)21/h5-8,10-11,14-15H,3-4,9H2,1-2H3,(H,22,27)(H,23,26). The Labute approximate surface area is 170 Å². The molecule has 160 valence electrons. The zero-order valence-corrected chi connectivity index (χ0v) is 16.7. The van der Waals surface area contributed by atoms with Crippen LogP contribution in [0.3, 0.4) is 0 Å². The Bertz CT molecular complexity index is 730. The summed E-state index contributed by atoms with van der Waals surface area (Å²) in [6.07, 6.45) is -3.05.